The number of nitrogens with zero attached hydrogens (tertiary/aromatic N) is 2. The zero-order valence-corrected chi connectivity index (χ0v) is 11.2. The molecule has 0 unspecified atom stereocenters. The fourth-order valence-electron chi connectivity index (χ4n) is 1.30. The molecule has 0 atom stereocenters. The molecule has 1 N–H and O–H groups in total. The van der Waals surface area contributed by atoms with Crippen LogP contribution >= 0.6 is 11.6 Å². The van der Waals surface area contributed by atoms with Gasteiger partial charge in [0.05, 0.1) is 22.3 Å². The second kappa shape index (κ2) is 6.36. The van der Waals surface area contributed by atoms with Crippen molar-refractivity contribution in [2.45, 2.75) is 6.42 Å². The van der Waals surface area contributed by atoms with E-state index in [1.54, 1.807) is 6.07 Å². The number of rotatable bonds is 6. The SMILES string of the molecule is N#Cc1ccc(NS(=O)(=O)CCCCl)c([N+](=O)[O-])c1. The molecule has 0 aliphatic carbocycles. The van der Waals surface area contributed by atoms with Crippen LogP contribution in [0.4, 0.5) is 11.4 Å². The van der Waals surface area contributed by atoms with Gasteiger partial charge in [-0.3, -0.25) is 14.8 Å². The molecule has 0 fully saturated rings. The van der Waals surface area contributed by atoms with E-state index in [-0.39, 0.29) is 29.3 Å². The topological polar surface area (TPSA) is 113 Å². The van der Waals surface area contributed by atoms with Crippen LogP contribution in [0.3, 0.4) is 0 Å². The summed E-state index contributed by atoms with van der Waals surface area (Å²) in [5.41, 5.74) is -0.553. The quantitative estimate of drug-likeness (QED) is 0.489. The van der Waals surface area contributed by atoms with E-state index < -0.39 is 20.6 Å². The maximum atomic E-state index is 11.6. The van der Waals surface area contributed by atoms with Crippen LogP contribution in [0.25, 0.3) is 0 Å². The zero-order valence-electron chi connectivity index (χ0n) is 9.67. The molecule has 9 heteroatoms. The lowest BCUT2D eigenvalue weighted by Crippen LogP contribution is -2.17. The van der Waals surface area contributed by atoms with Crippen LogP contribution < -0.4 is 4.72 Å². The van der Waals surface area contributed by atoms with Crippen molar-refractivity contribution in [3.05, 3.63) is 33.9 Å². The number of benzene rings is 1. The van der Waals surface area contributed by atoms with Crippen LogP contribution in [0, 0.1) is 21.4 Å². The van der Waals surface area contributed by atoms with Crippen molar-refractivity contribution in [1.82, 2.24) is 0 Å². The fraction of sp³-hybridized carbons (Fsp3) is 0.300. The van der Waals surface area contributed by atoms with Crippen LogP contribution in [0.5, 0.6) is 0 Å². The van der Waals surface area contributed by atoms with Gasteiger partial charge in [0, 0.05) is 11.9 Å². The second-order valence-corrected chi connectivity index (χ2v) is 5.78. The monoisotopic (exact) mass is 303 g/mol. The summed E-state index contributed by atoms with van der Waals surface area (Å²) in [7, 11) is -3.69. The lowest BCUT2D eigenvalue weighted by molar-refractivity contribution is -0.383. The molecule has 0 saturated heterocycles. The van der Waals surface area contributed by atoms with Crippen LogP contribution in [0.1, 0.15) is 12.0 Å². The Bertz CT molecular complexity index is 624. The average Bonchev–Trinajstić information content (AvgIpc) is 2.36. The standard InChI is InChI=1S/C10H10ClN3O4S/c11-4-1-5-19(17,18)13-9-3-2-8(7-12)6-10(9)14(15)16/h2-3,6,13H,1,4-5H2. The lowest BCUT2D eigenvalue weighted by atomic mass is 10.2. The average molecular weight is 304 g/mol. The molecule has 7 nitrogen and oxygen atoms in total. The maximum absolute atomic E-state index is 11.6. The number of anilines is 1. The van der Waals surface area contributed by atoms with Gasteiger partial charge in [-0.25, -0.2) is 8.42 Å². The molecule has 0 amide bonds. The van der Waals surface area contributed by atoms with Gasteiger partial charge in [0.2, 0.25) is 10.0 Å². The highest BCUT2D eigenvalue weighted by Crippen LogP contribution is 2.26. The molecule has 0 aliphatic rings. The Hall–Kier alpha value is -1.85. The largest absolute Gasteiger partial charge is 0.294 e. The number of hydrogen-bond donors (Lipinski definition) is 1. The highest BCUT2D eigenvalue weighted by atomic mass is 35.5. The highest BCUT2D eigenvalue weighted by molar-refractivity contribution is 7.92. The fourth-order valence-corrected chi connectivity index (χ4v) is 2.73. The first-order valence-corrected chi connectivity index (χ1v) is 7.33. The number of sulfonamides is 1. The van der Waals surface area contributed by atoms with Gasteiger partial charge in [0.15, 0.2) is 0 Å². The van der Waals surface area contributed by atoms with Gasteiger partial charge >= 0.3 is 0 Å². The van der Waals surface area contributed by atoms with Crippen molar-refractivity contribution in [2.24, 2.45) is 0 Å². The summed E-state index contributed by atoms with van der Waals surface area (Å²) in [4.78, 5) is 10.1. The summed E-state index contributed by atoms with van der Waals surface area (Å²) in [6.45, 7) is 0. The summed E-state index contributed by atoms with van der Waals surface area (Å²) >= 11 is 5.40. The van der Waals surface area contributed by atoms with E-state index in [0.29, 0.717) is 0 Å². The first-order chi connectivity index (χ1) is 8.89. The number of alkyl halides is 1. The number of halogens is 1. The van der Waals surface area contributed by atoms with Gasteiger partial charge in [-0.1, -0.05) is 0 Å². The molecule has 1 aromatic rings. The Morgan fingerprint density at radius 1 is 1.47 bits per heavy atom. The molecule has 0 aliphatic heterocycles. The second-order valence-electron chi connectivity index (χ2n) is 3.56. The van der Waals surface area contributed by atoms with Crippen LogP contribution in [-0.4, -0.2) is 25.0 Å². The molecule has 1 rings (SSSR count). The van der Waals surface area contributed by atoms with Crippen molar-refractivity contribution in [1.29, 1.82) is 5.26 Å². The third-order valence-electron chi connectivity index (χ3n) is 2.14. The summed E-state index contributed by atoms with van der Waals surface area (Å²) in [6.07, 6.45) is 0.237. The minimum absolute atomic E-state index is 0.0791. The summed E-state index contributed by atoms with van der Waals surface area (Å²) in [5.74, 6) is -0.0516. The first-order valence-electron chi connectivity index (χ1n) is 5.14. The van der Waals surface area contributed by atoms with E-state index in [1.807, 2.05) is 0 Å². The van der Waals surface area contributed by atoms with Crippen molar-refractivity contribution in [3.8, 4) is 6.07 Å². The number of nitriles is 1. The molecule has 0 saturated carbocycles. The van der Waals surface area contributed by atoms with Crippen molar-refractivity contribution >= 4 is 33.0 Å². The Labute approximate surface area is 115 Å². The van der Waals surface area contributed by atoms with Gasteiger partial charge in [0.1, 0.15) is 5.69 Å². The van der Waals surface area contributed by atoms with Crippen molar-refractivity contribution in [3.63, 3.8) is 0 Å². The lowest BCUT2D eigenvalue weighted by Gasteiger charge is -2.07. The molecule has 0 bridgehead atoms. The predicted octanol–water partition coefficient (Wildman–Crippen LogP) is 1.84. The molecule has 0 radical (unpaired) electrons. The minimum Gasteiger partial charge on any atom is -0.277 e. The smallest absolute Gasteiger partial charge is 0.277 e. The van der Waals surface area contributed by atoms with E-state index in [4.69, 9.17) is 16.9 Å². The predicted molar refractivity (Wildman–Crippen MR) is 70.6 cm³/mol. The zero-order chi connectivity index (χ0) is 14.5. The molecular weight excluding hydrogens is 294 g/mol. The number of nitrogens with one attached hydrogen (secondary N) is 1. The van der Waals surface area contributed by atoms with Crippen molar-refractivity contribution < 1.29 is 13.3 Å². The van der Waals surface area contributed by atoms with Gasteiger partial charge in [-0.05, 0) is 18.6 Å². The molecule has 19 heavy (non-hydrogen) atoms. The number of nitro benzene ring substituents is 1. The highest BCUT2D eigenvalue weighted by Gasteiger charge is 2.19. The van der Waals surface area contributed by atoms with E-state index in [0.717, 1.165) is 6.07 Å². The Kier molecular flexibility index (Phi) is 5.09. The maximum Gasteiger partial charge on any atom is 0.294 e. The normalized spacial score (nSPS) is 10.7. The molecule has 0 heterocycles. The Morgan fingerprint density at radius 3 is 2.68 bits per heavy atom. The molecule has 1 aromatic carbocycles. The van der Waals surface area contributed by atoms with Gasteiger partial charge in [0.25, 0.3) is 5.69 Å². The Balaban J connectivity index is 3.08. The molecule has 102 valence electrons. The number of hydrogen-bond acceptors (Lipinski definition) is 5. The van der Waals surface area contributed by atoms with Crippen LogP contribution in [0.2, 0.25) is 0 Å². The third kappa shape index (κ3) is 4.39. The van der Waals surface area contributed by atoms with Gasteiger partial charge in [-0.2, -0.15) is 5.26 Å². The number of nitro groups is 1. The summed E-state index contributed by atoms with van der Waals surface area (Å²) < 4.78 is 25.4. The third-order valence-corrected chi connectivity index (χ3v) is 3.76. The van der Waals surface area contributed by atoms with E-state index in [9.17, 15) is 18.5 Å². The van der Waals surface area contributed by atoms with Crippen molar-refractivity contribution in [2.75, 3.05) is 16.4 Å². The van der Waals surface area contributed by atoms with Gasteiger partial charge in [-0.15, -0.1) is 11.6 Å². The van der Waals surface area contributed by atoms with Crippen LogP contribution in [0.15, 0.2) is 18.2 Å². The summed E-state index contributed by atoms with van der Waals surface area (Å²) in [5, 5.41) is 19.5. The van der Waals surface area contributed by atoms with E-state index in [1.165, 1.54) is 12.1 Å². The first kappa shape index (κ1) is 15.2. The van der Waals surface area contributed by atoms with Gasteiger partial charge < -0.3 is 0 Å². The summed E-state index contributed by atoms with van der Waals surface area (Å²) in [6, 6.07) is 5.25. The van der Waals surface area contributed by atoms with E-state index >= 15 is 0 Å². The molecule has 0 aromatic heterocycles. The van der Waals surface area contributed by atoms with Crippen LogP contribution in [-0.2, 0) is 10.0 Å². The molecule has 0 spiro atoms. The molecular formula is C10H10ClN3O4S. The minimum atomic E-state index is -3.69. The Morgan fingerprint density at radius 2 is 2.16 bits per heavy atom. The van der Waals surface area contributed by atoms with E-state index in [2.05, 4.69) is 4.72 Å².